The molecule has 1 saturated carbocycles. The zero-order chi connectivity index (χ0) is 17.6. The topological polar surface area (TPSA) is 78.5 Å². The van der Waals surface area contributed by atoms with E-state index in [1.807, 2.05) is 6.92 Å². The smallest absolute Gasteiger partial charge is 0.279 e. The summed E-state index contributed by atoms with van der Waals surface area (Å²) in [6.45, 7) is 2.66. The van der Waals surface area contributed by atoms with Gasteiger partial charge < -0.3 is 5.32 Å². The summed E-state index contributed by atoms with van der Waals surface area (Å²) < 4.78 is 28.9. The quantitative estimate of drug-likeness (QED) is 0.787. The Morgan fingerprint density at radius 2 is 1.79 bits per heavy atom. The van der Waals surface area contributed by atoms with Crippen LogP contribution >= 0.6 is 0 Å². The third kappa shape index (κ3) is 5.03. The molecule has 2 rings (SSSR count). The van der Waals surface area contributed by atoms with Gasteiger partial charge in [0.15, 0.2) is 0 Å². The van der Waals surface area contributed by atoms with Crippen molar-refractivity contribution in [1.29, 1.82) is 0 Å². The van der Waals surface area contributed by atoms with Crippen molar-refractivity contribution < 1.29 is 13.2 Å². The first-order valence-corrected chi connectivity index (χ1v) is 9.98. The maximum Gasteiger partial charge on any atom is 0.279 e. The number of rotatable bonds is 7. The summed E-state index contributed by atoms with van der Waals surface area (Å²) in [5, 5.41) is 2.73. The fourth-order valence-corrected chi connectivity index (χ4v) is 4.11. The predicted molar refractivity (Wildman–Crippen MR) is 94.8 cm³/mol. The molecule has 0 spiro atoms. The predicted octanol–water partition coefficient (Wildman–Crippen LogP) is 2.04. The second-order valence-electron chi connectivity index (χ2n) is 6.19. The molecular formula is C17H27N3O3S. The van der Waals surface area contributed by atoms with Gasteiger partial charge in [-0.25, -0.2) is 0 Å². The average molecular weight is 353 g/mol. The Morgan fingerprint density at radius 1 is 1.17 bits per heavy atom. The fraction of sp³-hybridized carbons (Fsp3) is 0.588. The number of nitrogens with zero attached hydrogens (tertiary/aromatic N) is 1. The number of nitrogens with one attached hydrogen (secondary N) is 2. The lowest BCUT2D eigenvalue weighted by molar-refractivity contribution is 0.0956. The minimum absolute atomic E-state index is 0.0939. The number of amides is 1. The number of hydrogen-bond acceptors (Lipinski definition) is 3. The van der Waals surface area contributed by atoms with Gasteiger partial charge in [-0.1, -0.05) is 31.4 Å². The van der Waals surface area contributed by atoms with Crippen LogP contribution in [0.5, 0.6) is 0 Å². The Kier molecular flexibility index (Phi) is 6.77. The second-order valence-corrected chi connectivity index (χ2v) is 8.01. The van der Waals surface area contributed by atoms with Crippen LogP contribution in [-0.2, 0) is 16.8 Å². The fourth-order valence-electron chi connectivity index (χ4n) is 2.95. The first-order valence-electron chi connectivity index (χ1n) is 8.54. The SMILES string of the molecule is CCNC(=O)c1ccc(CNS(=O)(=O)N(C)C2CCCCC2)cc1. The van der Waals surface area contributed by atoms with Crippen LogP contribution in [0, 0.1) is 0 Å². The molecule has 0 aromatic heterocycles. The Morgan fingerprint density at radius 3 is 2.38 bits per heavy atom. The minimum atomic E-state index is -3.49. The minimum Gasteiger partial charge on any atom is -0.352 e. The molecule has 0 atom stereocenters. The van der Waals surface area contributed by atoms with Crippen LogP contribution in [0.15, 0.2) is 24.3 Å². The van der Waals surface area contributed by atoms with Crippen molar-refractivity contribution in [2.24, 2.45) is 0 Å². The molecule has 1 aromatic carbocycles. The van der Waals surface area contributed by atoms with E-state index >= 15 is 0 Å². The first-order chi connectivity index (χ1) is 11.4. The van der Waals surface area contributed by atoms with E-state index in [1.54, 1.807) is 31.3 Å². The summed E-state index contributed by atoms with van der Waals surface area (Å²) in [5.74, 6) is -0.123. The lowest BCUT2D eigenvalue weighted by Crippen LogP contribution is -2.44. The van der Waals surface area contributed by atoms with Gasteiger partial charge in [0.25, 0.3) is 16.1 Å². The molecule has 6 nitrogen and oxygen atoms in total. The highest BCUT2D eigenvalue weighted by molar-refractivity contribution is 7.87. The molecule has 7 heteroatoms. The van der Waals surface area contributed by atoms with Crippen molar-refractivity contribution in [3.63, 3.8) is 0 Å². The number of hydrogen-bond donors (Lipinski definition) is 2. The lowest BCUT2D eigenvalue weighted by Gasteiger charge is -2.30. The molecule has 2 N–H and O–H groups in total. The van der Waals surface area contributed by atoms with Crippen molar-refractivity contribution in [3.05, 3.63) is 35.4 Å². The van der Waals surface area contributed by atoms with Gasteiger partial charge >= 0.3 is 0 Å². The maximum atomic E-state index is 12.4. The van der Waals surface area contributed by atoms with Crippen molar-refractivity contribution >= 4 is 16.1 Å². The second kappa shape index (κ2) is 8.60. The summed E-state index contributed by atoms with van der Waals surface area (Å²) >= 11 is 0. The molecule has 134 valence electrons. The largest absolute Gasteiger partial charge is 0.352 e. The number of carbonyl (C=O) groups is 1. The highest BCUT2D eigenvalue weighted by Crippen LogP contribution is 2.23. The van der Waals surface area contributed by atoms with Crippen LogP contribution in [0.3, 0.4) is 0 Å². The van der Waals surface area contributed by atoms with Crippen LogP contribution < -0.4 is 10.0 Å². The van der Waals surface area contributed by atoms with E-state index in [0.29, 0.717) is 12.1 Å². The third-order valence-electron chi connectivity index (χ3n) is 4.48. The molecule has 0 unspecified atom stereocenters. The molecule has 0 saturated heterocycles. The zero-order valence-electron chi connectivity index (χ0n) is 14.4. The van der Waals surface area contributed by atoms with Crippen molar-refractivity contribution in [2.75, 3.05) is 13.6 Å². The number of benzene rings is 1. The Bertz CT molecular complexity index is 638. The highest BCUT2D eigenvalue weighted by Gasteiger charge is 2.27. The Hall–Kier alpha value is -1.44. The first kappa shape index (κ1) is 18.9. The summed E-state index contributed by atoms with van der Waals surface area (Å²) in [6, 6.07) is 7.05. The van der Waals surface area contributed by atoms with Crippen LogP contribution in [0.4, 0.5) is 0 Å². The molecule has 0 bridgehead atoms. The van der Waals surface area contributed by atoms with Crippen LogP contribution in [-0.4, -0.2) is 38.3 Å². The van der Waals surface area contributed by atoms with E-state index in [1.165, 1.54) is 10.7 Å². The normalized spacial score (nSPS) is 16.3. The van der Waals surface area contributed by atoms with Gasteiger partial charge in [-0.15, -0.1) is 0 Å². The average Bonchev–Trinajstić information content (AvgIpc) is 2.61. The van der Waals surface area contributed by atoms with Crippen molar-refractivity contribution in [1.82, 2.24) is 14.3 Å². The molecule has 1 aliphatic carbocycles. The van der Waals surface area contributed by atoms with Crippen LogP contribution in [0.25, 0.3) is 0 Å². The summed E-state index contributed by atoms with van der Waals surface area (Å²) in [6.07, 6.45) is 5.23. The molecule has 1 amide bonds. The summed E-state index contributed by atoms with van der Waals surface area (Å²) in [7, 11) is -1.84. The lowest BCUT2D eigenvalue weighted by atomic mass is 9.96. The monoisotopic (exact) mass is 353 g/mol. The van der Waals surface area contributed by atoms with E-state index in [9.17, 15) is 13.2 Å². The van der Waals surface area contributed by atoms with E-state index in [-0.39, 0.29) is 18.5 Å². The van der Waals surface area contributed by atoms with Crippen LogP contribution in [0.2, 0.25) is 0 Å². The molecule has 0 radical (unpaired) electrons. The Balaban J connectivity index is 1.92. The molecule has 1 aliphatic rings. The Labute approximate surface area is 144 Å². The zero-order valence-corrected chi connectivity index (χ0v) is 15.2. The summed E-state index contributed by atoms with van der Waals surface area (Å²) in [5.41, 5.74) is 1.39. The molecular weight excluding hydrogens is 326 g/mol. The molecule has 0 heterocycles. The van der Waals surface area contributed by atoms with Gasteiger partial charge in [-0.2, -0.15) is 17.4 Å². The van der Waals surface area contributed by atoms with E-state index < -0.39 is 10.2 Å². The van der Waals surface area contributed by atoms with Gasteiger partial charge in [0.05, 0.1) is 0 Å². The van der Waals surface area contributed by atoms with Gasteiger partial charge in [-0.3, -0.25) is 4.79 Å². The van der Waals surface area contributed by atoms with Gasteiger partial charge in [0, 0.05) is 31.7 Å². The standard InChI is InChI=1S/C17H27N3O3S/c1-3-18-17(21)15-11-9-14(10-12-15)13-19-24(22,23)20(2)16-7-5-4-6-8-16/h9-12,16,19H,3-8,13H2,1-2H3,(H,18,21). The molecule has 1 fully saturated rings. The van der Waals surface area contributed by atoms with E-state index in [4.69, 9.17) is 0 Å². The third-order valence-corrected chi connectivity index (χ3v) is 6.05. The molecule has 0 aliphatic heterocycles. The molecule has 1 aromatic rings. The maximum absolute atomic E-state index is 12.4. The van der Waals surface area contributed by atoms with Crippen molar-refractivity contribution in [2.45, 2.75) is 51.6 Å². The van der Waals surface area contributed by atoms with Gasteiger partial charge in [-0.05, 0) is 37.5 Å². The van der Waals surface area contributed by atoms with Gasteiger partial charge in [0.2, 0.25) is 0 Å². The van der Waals surface area contributed by atoms with Gasteiger partial charge in [0.1, 0.15) is 0 Å². The van der Waals surface area contributed by atoms with Crippen LogP contribution in [0.1, 0.15) is 54.9 Å². The summed E-state index contributed by atoms with van der Waals surface area (Å²) in [4.78, 5) is 11.7. The van der Waals surface area contributed by atoms with E-state index in [2.05, 4.69) is 10.0 Å². The van der Waals surface area contributed by atoms with E-state index in [0.717, 1.165) is 31.2 Å². The number of carbonyl (C=O) groups excluding carboxylic acids is 1. The van der Waals surface area contributed by atoms with Crippen molar-refractivity contribution in [3.8, 4) is 0 Å². The highest BCUT2D eigenvalue weighted by atomic mass is 32.2. The molecule has 24 heavy (non-hydrogen) atoms.